The summed E-state index contributed by atoms with van der Waals surface area (Å²) in [5.41, 5.74) is 5.37. The normalized spacial score (nSPS) is 13.3. The summed E-state index contributed by atoms with van der Waals surface area (Å²) in [6, 6.07) is 25.7. The van der Waals surface area contributed by atoms with Crippen LogP contribution in [-0.4, -0.2) is 33.3 Å². The Morgan fingerprint density at radius 3 is 2.54 bits per heavy atom. The summed E-state index contributed by atoms with van der Waals surface area (Å²) in [6.45, 7) is 1.10. The van der Waals surface area contributed by atoms with Gasteiger partial charge in [-0.2, -0.15) is 0 Å². The molecule has 1 saturated carbocycles. The van der Waals surface area contributed by atoms with Crippen molar-refractivity contribution in [2.75, 3.05) is 18.5 Å². The van der Waals surface area contributed by atoms with Crippen LogP contribution < -0.4 is 10.1 Å². The van der Waals surface area contributed by atoms with Gasteiger partial charge in [0.2, 0.25) is 0 Å². The monoisotopic (exact) mass is 462 g/mol. The first kappa shape index (κ1) is 21.4. The molecule has 6 rings (SSSR count). The molecule has 2 aromatic heterocycles. The molecule has 0 spiro atoms. The van der Waals surface area contributed by atoms with Crippen LogP contribution in [0.1, 0.15) is 29.6 Å². The number of anilines is 1. The number of hydrogen-bond donors (Lipinski definition) is 1. The maximum Gasteiger partial charge on any atom is 0.181 e. The van der Waals surface area contributed by atoms with Crippen molar-refractivity contribution >= 4 is 28.3 Å². The van der Waals surface area contributed by atoms with Gasteiger partial charge in [0.05, 0.1) is 29.5 Å². The van der Waals surface area contributed by atoms with Gasteiger partial charge in [0.15, 0.2) is 17.2 Å². The van der Waals surface area contributed by atoms with Gasteiger partial charge in [-0.05, 0) is 43.0 Å². The van der Waals surface area contributed by atoms with Crippen molar-refractivity contribution < 1.29 is 9.53 Å². The molecule has 5 aromatic rings. The Kier molecular flexibility index (Phi) is 5.62. The molecule has 0 unspecified atom stereocenters. The summed E-state index contributed by atoms with van der Waals surface area (Å²) >= 11 is 0. The lowest BCUT2D eigenvalue weighted by Gasteiger charge is -2.12. The fourth-order valence-corrected chi connectivity index (χ4v) is 4.39. The summed E-state index contributed by atoms with van der Waals surface area (Å²) in [6.07, 6.45) is 4.90. The number of rotatable bonds is 9. The van der Waals surface area contributed by atoms with Crippen LogP contribution in [0.15, 0.2) is 85.1 Å². The smallest absolute Gasteiger partial charge is 0.181 e. The third-order valence-electron chi connectivity index (χ3n) is 6.41. The summed E-state index contributed by atoms with van der Waals surface area (Å²) in [4.78, 5) is 22.0. The molecule has 1 N–H and O–H groups in total. The predicted molar refractivity (Wildman–Crippen MR) is 138 cm³/mol. The van der Waals surface area contributed by atoms with E-state index in [9.17, 15) is 4.79 Å². The number of ketones is 1. The number of nitrogens with zero attached hydrogens (tertiary/aromatic N) is 3. The second kappa shape index (κ2) is 9.22. The minimum Gasteiger partial charge on any atom is -0.492 e. The lowest BCUT2D eigenvalue weighted by molar-refractivity contribution is 0.0976. The van der Waals surface area contributed by atoms with Crippen molar-refractivity contribution in [2.24, 2.45) is 5.92 Å². The average Bonchev–Trinajstić information content (AvgIpc) is 3.60. The number of fused-ring (bicyclic) bond motifs is 3. The molecular formula is C29H26N4O2. The number of Topliss-reactive ketones (excluding diaryl/α,β-unsaturated/α-hetero) is 1. The van der Waals surface area contributed by atoms with Gasteiger partial charge in [0.1, 0.15) is 12.4 Å². The Balaban J connectivity index is 1.29. The molecule has 1 aliphatic rings. The fraction of sp³-hybridized carbons (Fsp3) is 0.207. The topological polar surface area (TPSA) is 68.5 Å². The molecule has 2 heterocycles. The van der Waals surface area contributed by atoms with Crippen molar-refractivity contribution in [2.45, 2.75) is 19.3 Å². The highest BCUT2D eigenvalue weighted by atomic mass is 16.5. The minimum atomic E-state index is 0.232. The number of hydrogen-bond acceptors (Lipinski definition) is 5. The molecule has 0 bridgehead atoms. The van der Waals surface area contributed by atoms with E-state index in [2.05, 4.69) is 15.8 Å². The number of aromatic nitrogens is 3. The lowest BCUT2D eigenvalue weighted by Crippen LogP contribution is -2.13. The Morgan fingerprint density at radius 2 is 1.74 bits per heavy atom. The number of imidazole rings is 1. The molecule has 3 aromatic carbocycles. The van der Waals surface area contributed by atoms with Crippen molar-refractivity contribution in [3.8, 4) is 17.0 Å². The molecule has 0 atom stereocenters. The van der Waals surface area contributed by atoms with E-state index in [0.29, 0.717) is 31.3 Å². The highest BCUT2D eigenvalue weighted by Crippen LogP contribution is 2.34. The minimum absolute atomic E-state index is 0.232. The number of carbonyl (C=O) groups is 1. The van der Waals surface area contributed by atoms with Crippen LogP contribution in [-0.2, 0) is 0 Å². The van der Waals surface area contributed by atoms with E-state index in [-0.39, 0.29) is 5.78 Å². The maximum absolute atomic E-state index is 12.5. The van der Waals surface area contributed by atoms with Crippen LogP contribution >= 0.6 is 0 Å². The van der Waals surface area contributed by atoms with E-state index in [1.807, 2.05) is 79.0 Å². The summed E-state index contributed by atoms with van der Waals surface area (Å²) < 4.78 is 7.94. The van der Waals surface area contributed by atoms with Crippen LogP contribution in [0.25, 0.3) is 27.9 Å². The van der Waals surface area contributed by atoms with E-state index < -0.39 is 0 Å². The maximum atomic E-state index is 12.5. The van der Waals surface area contributed by atoms with E-state index in [1.54, 1.807) is 0 Å². The van der Waals surface area contributed by atoms with Crippen molar-refractivity contribution in [1.82, 2.24) is 14.4 Å². The largest absolute Gasteiger partial charge is 0.492 e. The van der Waals surface area contributed by atoms with Gasteiger partial charge >= 0.3 is 0 Å². The Morgan fingerprint density at radius 1 is 0.971 bits per heavy atom. The van der Waals surface area contributed by atoms with Crippen molar-refractivity contribution in [1.29, 1.82) is 0 Å². The SMILES string of the molecule is O=C(CC1CC1)c1ccc(-c2cnc3c(NCCOc4ccccc4)nc4ccccc4n23)cc1. The molecule has 35 heavy (non-hydrogen) atoms. The molecule has 0 radical (unpaired) electrons. The van der Waals surface area contributed by atoms with E-state index >= 15 is 0 Å². The van der Waals surface area contributed by atoms with Gasteiger partial charge in [-0.15, -0.1) is 0 Å². The number of nitrogens with one attached hydrogen (secondary N) is 1. The third-order valence-corrected chi connectivity index (χ3v) is 6.41. The van der Waals surface area contributed by atoms with Crippen molar-refractivity contribution in [3.63, 3.8) is 0 Å². The molecule has 6 nitrogen and oxygen atoms in total. The highest BCUT2D eigenvalue weighted by Gasteiger charge is 2.25. The molecule has 0 saturated heterocycles. The quantitative estimate of drug-likeness (QED) is 0.214. The third kappa shape index (κ3) is 4.47. The van der Waals surface area contributed by atoms with Crippen LogP contribution in [0.4, 0.5) is 5.82 Å². The first-order chi connectivity index (χ1) is 17.3. The van der Waals surface area contributed by atoms with Crippen LogP contribution in [0.2, 0.25) is 0 Å². The van der Waals surface area contributed by atoms with Gasteiger partial charge in [-0.25, -0.2) is 9.97 Å². The lowest BCUT2D eigenvalue weighted by atomic mass is 10.0. The zero-order valence-electron chi connectivity index (χ0n) is 19.4. The molecule has 1 fully saturated rings. The van der Waals surface area contributed by atoms with Gasteiger partial charge in [0, 0.05) is 17.5 Å². The van der Waals surface area contributed by atoms with Crippen LogP contribution in [0.5, 0.6) is 5.75 Å². The summed E-state index contributed by atoms with van der Waals surface area (Å²) in [5.74, 6) is 2.37. The van der Waals surface area contributed by atoms with Crippen LogP contribution in [0, 0.1) is 5.92 Å². The molecule has 0 amide bonds. The van der Waals surface area contributed by atoms with E-state index in [4.69, 9.17) is 14.7 Å². The second-order valence-electron chi connectivity index (χ2n) is 8.99. The van der Waals surface area contributed by atoms with Gasteiger partial charge < -0.3 is 10.1 Å². The standard InChI is InChI=1S/C29H26N4O2/c34-27(18-20-10-11-20)22-14-12-21(13-15-22)26-19-31-29-28(30-16-17-35-23-6-2-1-3-7-23)32-24-8-4-5-9-25(24)33(26)29/h1-9,12-15,19-20H,10-11,16-18H2,(H,30,32). The average molecular weight is 463 g/mol. The first-order valence-electron chi connectivity index (χ1n) is 12.1. The molecule has 0 aliphatic heterocycles. The van der Waals surface area contributed by atoms with Gasteiger partial charge in [0.25, 0.3) is 0 Å². The van der Waals surface area contributed by atoms with Gasteiger partial charge in [-0.3, -0.25) is 9.20 Å². The summed E-state index contributed by atoms with van der Waals surface area (Å²) in [5, 5.41) is 3.40. The van der Waals surface area contributed by atoms with E-state index in [1.165, 1.54) is 12.8 Å². The van der Waals surface area contributed by atoms with Crippen molar-refractivity contribution in [3.05, 3.63) is 90.6 Å². The van der Waals surface area contributed by atoms with E-state index in [0.717, 1.165) is 39.3 Å². The Labute approximate surface area is 203 Å². The van der Waals surface area contributed by atoms with Crippen LogP contribution in [0.3, 0.4) is 0 Å². The number of para-hydroxylation sites is 3. The first-order valence-corrected chi connectivity index (χ1v) is 12.1. The molecule has 174 valence electrons. The Hall–Kier alpha value is -4.19. The molecular weight excluding hydrogens is 436 g/mol. The zero-order valence-corrected chi connectivity index (χ0v) is 19.4. The number of carbonyl (C=O) groups excluding carboxylic acids is 1. The van der Waals surface area contributed by atoms with Gasteiger partial charge in [-0.1, -0.05) is 54.6 Å². The predicted octanol–water partition coefficient (Wildman–Crippen LogP) is 6.02. The molecule has 6 heteroatoms. The number of ether oxygens (including phenoxy) is 1. The fourth-order valence-electron chi connectivity index (χ4n) is 4.39. The Bertz CT molecular complexity index is 1490. The number of benzene rings is 3. The highest BCUT2D eigenvalue weighted by molar-refractivity contribution is 5.97. The second-order valence-corrected chi connectivity index (χ2v) is 8.99. The zero-order chi connectivity index (χ0) is 23.6. The molecule has 1 aliphatic carbocycles. The summed E-state index contributed by atoms with van der Waals surface area (Å²) in [7, 11) is 0.